The maximum absolute atomic E-state index is 12.4. The molecule has 2 amide bonds. The van der Waals surface area contributed by atoms with E-state index in [1.165, 1.54) is 0 Å². The molecule has 5 heteroatoms. The summed E-state index contributed by atoms with van der Waals surface area (Å²) in [5.74, 6) is -0.501. The summed E-state index contributed by atoms with van der Waals surface area (Å²) >= 11 is 0. The van der Waals surface area contributed by atoms with Crippen LogP contribution in [0.25, 0.3) is 0 Å². The first-order valence-corrected chi connectivity index (χ1v) is 7.41. The molecule has 0 aliphatic carbocycles. The Morgan fingerprint density at radius 2 is 2.18 bits per heavy atom. The van der Waals surface area contributed by atoms with Gasteiger partial charge in [-0.25, -0.2) is 0 Å². The van der Waals surface area contributed by atoms with E-state index >= 15 is 0 Å². The molecule has 1 heterocycles. The van der Waals surface area contributed by atoms with Crippen molar-refractivity contribution in [3.63, 3.8) is 0 Å². The molecule has 0 bridgehead atoms. The topological polar surface area (TPSA) is 58.6 Å². The largest absolute Gasteiger partial charge is 0.383 e. The zero-order valence-corrected chi connectivity index (χ0v) is 12.8. The molecule has 118 valence electrons. The third kappa shape index (κ3) is 3.54. The molecule has 2 atom stereocenters. The van der Waals surface area contributed by atoms with Gasteiger partial charge < -0.3 is 15.0 Å². The predicted octanol–water partition coefficient (Wildman–Crippen LogP) is 1.52. The zero-order valence-electron chi connectivity index (χ0n) is 12.8. The van der Waals surface area contributed by atoms with E-state index in [1.54, 1.807) is 18.1 Å². The number of carbonyl (C=O) groups excluding carboxylic acids is 2. The van der Waals surface area contributed by atoms with Crippen LogP contribution in [0.15, 0.2) is 43.0 Å². The van der Waals surface area contributed by atoms with Crippen molar-refractivity contribution < 1.29 is 14.3 Å². The molecule has 1 aliphatic rings. The minimum Gasteiger partial charge on any atom is -0.383 e. The highest BCUT2D eigenvalue weighted by molar-refractivity contribution is 5.90. The molecule has 22 heavy (non-hydrogen) atoms. The second kappa shape index (κ2) is 7.75. The van der Waals surface area contributed by atoms with Crippen LogP contribution in [-0.4, -0.2) is 43.5 Å². The first-order chi connectivity index (χ1) is 10.7. The average molecular weight is 302 g/mol. The van der Waals surface area contributed by atoms with E-state index in [0.717, 1.165) is 5.56 Å². The predicted molar refractivity (Wildman–Crippen MR) is 84.1 cm³/mol. The molecule has 0 unspecified atom stereocenters. The van der Waals surface area contributed by atoms with Crippen LogP contribution >= 0.6 is 0 Å². The minimum absolute atomic E-state index is 0.00958. The molecular weight excluding hydrogens is 280 g/mol. The number of methoxy groups -OCH3 is 1. The molecule has 1 saturated heterocycles. The number of hydrogen-bond donors (Lipinski definition) is 1. The number of hydrogen-bond acceptors (Lipinski definition) is 3. The SMILES string of the molecule is C=CCNC(=O)[C@@H]1CC(=O)N(CCOC)[C@H]1c1ccccc1. The Morgan fingerprint density at radius 3 is 2.82 bits per heavy atom. The molecule has 1 aromatic rings. The molecule has 5 nitrogen and oxygen atoms in total. The Hall–Kier alpha value is -2.14. The van der Waals surface area contributed by atoms with E-state index in [4.69, 9.17) is 4.74 Å². The summed E-state index contributed by atoms with van der Waals surface area (Å²) in [7, 11) is 1.60. The zero-order chi connectivity index (χ0) is 15.9. The lowest BCUT2D eigenvalue weighted by Gasteiger charge is -2.28. The van der Waals surface area contributed by atoms with Crippen molar-refractivity contribution in [2.45, 2.75) is 12.5 Å². The molecule has 1 aromatic carbocycles. The summed E-state index contributed by atoms with van der Waals surface area (Å²) in [6.07, 6.45) is 1.86. The van der Waals surface area contributed by atoms with E-state index in [9.17, 15) is 9.59 Å². The summed E-state index contributed by atoms with van der Waals surface area (Å²) < 4.78 is 5.09. The van der Waals surface area contributed by atoms with Gasteiger partial charge in [-0.1, -0.05) is 36.4 Å². The van der Waals surface area contributed by atoms with Crippen molar-refractivity contribution in [1.29, 1.82) is 0 Å². The maximum atomic E-state index is 12.4. The van der Waals surface area contributed by atoms with Crippen LogP contribution in [0.4, 0.5) is 0 Å². The highest BCUT2D eigenvalue weighted by atomic mass is 16.5. The fraction of sp³-hybridized carbons (Fsp3) is 0.412. The monoisotopic (exact) mass is 302 g/mol. The number of benzene rings is 1. The Balaban J connectivity index is 2.26. The molecule has 1 N–H and O–H groups in total. The highest BCUT2D eigenvalue weighted by Crippen LogP contribution is 2.37. The van der Waals surface area contributed by atoms with Crippen LogP contribution in [0, 0.1) is 5.92 Å². The standard InChI is InChI=1S/C17H22N2O3/c1-3-9-18-17(21)14-12-15(20)19(10-11-22-2)16(14)13-7-5-4-6-8-13/h3-8,14,16H,1,9-12H2,2H3,(H,18,21)/t14-,16+/m1/s1. The maximum Gasteiger partial charge on any atom is 0.226 e. The summed E-state index contributed by atoms with van der Waals surface area (Å²) in [6.45, 7) is 4.94. The molecule has 1 aliphatic heterocycles. The number of nitrogens with one attached hydrogen (secondary N) is 1. The van der Waals surface area contributed by atoms with E-state index in [1.807, 2.05) is 30.3 Å². The highest BCUT2D eigenvalue weighted by Gasteiger charge is 2.43. The third-order valence-electron chi connectivity index (χ3n) is 3.87. The van der Waals surface area contributed by atoms with E-state index in [0.29, 0.717) is 19.7 Å². The lowest BCUT2D eigenvalue weighted by atomic mass is 9.93. The molecule has 0 radical (unpaired) electrons. The third-order valence-corrected chi connectivity index (χ3v) is 3.87. The Labute approximate surface area is 130 Å². The van der Waals surface area contributed by atoms with Crippen molar-refractivity contribution in [2.75, 3.05) is 26.8 Å². The number of rotatable bonds is 7. The fourth-order valence-corrected chi connectivity index (χ4v) is 2.85. The van der Waals surface area contributed by atoms with Crippen LogP contribution in [-0.2, 0) is 14.3 Å². The lowest BCUT2D eigenvalue weighted by molar-refractivity contribution is -0.129. The summed E-state index contributed by atoms with van der Waals surface area (Å²) in [6, 6.07) is 9.44. The Morgan fingerprint density at radius 1 is 1.45 bits per heavy atom. The van der Waals surface area contributed by atoms with Crippen LogP contribution in [0.1, 0.15) is 18.0 Å². The quantitative estimate of drug-likeness (QED) is 0.777. The van der Waals surface area contributed by atoms with Crippen molar-refractivity contribution in [3.8, 4) is 0 Å². The molecule has 0 aromatic heterocycles. The number of likely N-dealkylation sites (tertiary alicyclic amines) is 1. The smallest absolute Gasteiger partial charge is 0.226 e. The van der Waals surface area contributed by atoms with Gasteiger partial charge in [-0.15, -0.1) is 6.58 Å². The molecule has 0 saturated carbocycles. The van der Waals surface area contributed by atoms with Crippen LogP contribution in [0.2, 0.25) is 0 Å². The summed E-state index contributed by atoms with van der Waals surface area (Å²) in [5, 5.41) is 2.80. The fourth-order valence-electron chi connectivity index (χ4n) is 2.85. The first kappa shape index (κ1) is 16.2. The van der Waals surface area contributed by atoms with E-state index in [2.05, 4.69) is 11.9 Å². The number of nitrogens with zero attached hydrogens (tertiary/aromatic N) is 1. The second-order valence-corrected chi connectivity index (χ2v) is 5.28. The lowest BCUT2D eigenvalue weighted by Crippen LogP contribution is -2.36. The molecule has 0 spiro atoms. The van der Waals surface area contributed by atoms with Gasteiger partial charge in [0.25, 0.3) is 0 Å². The van der Waals surface area contributed by atoms with Crippen molar-refractivity contribution in [3.05, 3.63) is 48.6 Å². The van der Waals surface area contributed by atoms with Crippen molar-refractivity contribution in [2.24, 2.45) is 5.92 Å². The van der Waals surface area contributed by atoms with Crippen molar-refractivity contribution >= 4 is 11.8 Å². The normalized spacial score (nSPS) is 21.0. The van der Waals surface area contributed by atoms with Gasteiger partial charge in [0, 0.05) is 26.6 Å². The first-order valence-electron chi connectivity index (χ1n) is 7.41. The minimum atomic E-state index is -0.383. The van der Waals surface area contributed by atoms with Crippen LogP contribution in [0.3, 0.4) is 0 Å². The molecular formula is C17H22N2O3. The van der Waals surface area contributed by atoms with Gasteiger partial charge in [0.1, 0.15) is 0 Å². The molecule has 2 rings (SSSR count). The number of carbonyl (C=O) groups is 2. The Kier molecular flexibility index (Phi) is 5.72. The number of ether oxygens (including phenoxy) is 1. The molecule has 1 fully saturated rings. The number of amides is 2. The summed E-state index contributed by atoms with van der Waals surface area (Å²) in [4.78, 5) is 26.5. The Bertz CT molecular complexity index is 530. The van der Waals surface area contributed by atoms with Crippen LogP contribution < -0.4 is 5.32 Å². The van der Waals surface area contributed by atoms with Gasteiger partial charge in [-0.05, 0) is 5.56 Å². The van der Waals surface area contributed by atoms with Gasteiger partial charge in [-0.3, -0.25) is 9.59 Å². The van der Waals surface area contributed by atoms with E-state index in [-0.39, 0.29) is 30.2 Å². The van der Waals surface area contributed by atoms with Gasteiger partial charge in [0.2, 0.25) is 11.8 Å². The van der Waals surface area contributed by atoms with Crippen LogP contribution in [0.5, 0.6) is 0 Å². The van der Waals surface area contributed by atoms with Gasteiger partial charge in [0.15, 0.2) is 0 Å². The average Bonchev–Trinajstić information content (AvgIpc) is 2.88. The summed E-state index contributed by atoms with van der Waals surface area (Å²) in [5.41, 5.74) is 0.975. The van der Waals surface area contributed by atoms with E-state index < -0.39 is 0 Å². The second-order valence-electron chi connectivity index (χ2n) is 5.28. The van der Waals surface area contributed by atoms with Crippen molar-refractivity contribution in [1.82, 2.24) is 10.2 Å². The van der Waals surface area contributed by atoms with Gasteiger partial charge >= 0.3 is 0 Å². The van der Waals surface area contributed by atoms with Gasteiger partial charge in [0.05, 0.1) is 18.6 Å². The van der Waals surface area contributed by atoms with Gasteiger partial charge in [-0.2, -0.15) is 0 Å².